The first-order valence-corrected chi connectivity index (χ1v) is 36.5. The van der Waals surface area contributed by atoms with E-state index in [1.807, 2.05) is 188 Å². The number of hydrogen-bond acceptors (Lipinski definition) is 8. The molecule has 0 amide bonds. The van der Waals surface area contributed by atoms with Crippen molar-refractivity contribution in [3.05, 3.63) is 372 Å². The SMILES string of the molecule is CCc1ccc(N2C(=Nc3ccccc3)CC2c2ccc(F)cc2)cc1.COc1ccc(N2C(=Nc3ccccc3)CC2c2cc(C)cc(Cl)c2)cc1.COc1ccc(N2C(=Nc3ccccc3)CC2c2ccc3ccccc3c2)cc1.COc1ccc(N2C(=Nc3ccccc3)CC2c2cccnc2)cc1. The van der Waals surface area contributed by atoms with Gasteiger partial charge in [0.2, 0.25) is 0 Å². The number of nitrogens with zero attached hydrogens (tertiary/aromatic N) is 9. The lowest BCUT2D eigenvalue weighted by molar-refractivity contribution is 0.414. The number of pyridine rings is 1. The zero-order valence-electron chi connectivity index (χ0n) is 60.5. The van der Waals surface area contributed by atoms with Gasteiger partial charge in [0.15, 0.2) is 0 Å². The highest BCUT2D eigenvalue weighted by Gasteiger charge is 2.40. The number of methoxy groups -OCH3 is 3. The Balaban J connectivity index is 0.000000120. The van der Waals surface area contributed by atoms with Gasteiger partial charge in [-0.1, -0.05) is 164 Å². The second-order valence-corrected chi connectivity index (χ2v) is 26.9. The van der Waals surface area contributed by atoms with E-state index in [0.717, 1.165) is 129 Å². The third-order valence-electron chi connectivity index (χ3n) is 19.5. The van der Waals surface area contributed by atoms with Crippen molar-refractivity contribution in [1.82, 2.24) is 4.98 Å². The quantitative estimate of drug-likeness (QED) is 0.0943. The highest BCUT2D eigenvalue weighted by atomic mass is 35.5. The molecule has 0 radical (unpaired) electrons. The fraction of sp³-hybridized carbons (Fsp3) is 0.151. The fourth-order valence-corrected chi connectivity index (χ4v) is 14.2. The molecule has 14 heteroatoms. The zero-order chi connectivity index (χ0) is 73.4. The summed E-state index contributed by atoms with van der Waals surface area (Å²) in [4.78, 5) is 32.8. The van der Waals surface area contributed by atoms with Crippen LogP contribution in [-0.4, -0.2) is 49.7 Å². The van der Waals surface area contributed by atoms with Crippen molar-refractivity contribution in [3.8, 4) is 17.2 Å². The van der Waals surface area contributed by atoms with E-state index in [2.05, 4.69) is 160 Å². The third-order valence-corrected chi connectivity index (χ3v) is 19.7. The van der Waals surface area contributed by atoms with Crippen LogP contribution in [0.15, 0.2) is 348 Å². The molecule has 4 atom stereocenters. The highest BCUT2D eigenvalue weighted by Crippen LogP contribution is 2.46. The van der Waals surface area contributed by atoms with Gasteiger partial charge in [0, 0.05) is 65.8 Å². The average molecular weight is 1430 g/mol. The first kappa shape index (κ1) is 71.5. The Morgan fingerprint density at radius 3 is 1.11 bits per heavy atom. The monoisotopic (exact) mass is 1430 g/mol. The third kappa shape index (κ3) is 17.2. The normalized spacial score (nSPS) is 17.7. The largest absolute Gasteiger partial charge is 0.497 e. The molecule has 12 aromatic carbocycles. The van der Waals surface area contributed by atoms with Crippen molar-refractivity contribution in [3.63, 3.8) is 0 Å². The van der Waals surface area contributed by atoms with Gasteiger partial charge < -0.3 is 33.8 Å². The number of para-hydroxylation sites is 4. The van der Waals surface area contributed by atoms with E-state index >= 15 is 0 Å². The Morgan fingerprint density at radius 2 is 0.729 bits per heavy atom. The van der Waals surface area contributed by atoms with Gasteiger partial charge in [-0.2, -0.15) is 0 Å². The summed E-state index contributed by atoms with van der Waals surface area (Å²) in [5.74, 6) is 6.58. The van der Waals surface area contributed by atoms with Crippen molar-refractivity contribution >= 4 is 91.2 Å². The van der Waals surface area contributed by atoms with E-state index in [4.69, 9.17) is 45.8 Å². The first-order chi connectivity index (χ1) is 52.5. The van der Waals surface area contributed by atoms with E-state index in [9.17, 15) is 4.39 Å². The highest BCUT2D eigenvalue weighted by molar-refractivity contribution is 6.30. The number of anilines is 4. The predicted octanol–water partition coefficient (Wildman–Crippen LogP) is 23.7. The van der Waals surface area contributed by atoms with Gasteiger partial charge in [0.1, 0.15) is 46.4 Å². The van der Waals surface area contributed by atoms with Crippen molar-refractivity contribution in [2.24, 2.45) is 20.0 Å². The molecular weight excluding hydrogens is 1350 g/mol. The Morgan fingerprint density at radius 1 is 0.364 bits per heavy atom. The van der Waals surface area contributed by atoms with Gasteiger partial charge in [-0.15, -0.1) is 0 Å². The van der Waals surface area contributed by atoms with Crippen LogP contribution >= 0.6 is 11.6 Å². The van der Waals surface area contributed by atoms with Gasteiger partial charge >= 0.3 is 0 Å². The number of ether oxygens (including phenoxy) is 3. The minimum absolute atomic E-state index is 0.186. The lowest BCUT2D eigenvalue weighted by Gasteiger charge is -2.44. The summed E-state index contributed by atoms with van der Waals surface area (Å²) in [5, 5.41) is 3.31. The van der Waals surface area contributed by atoms with E-state index in [-0.39, 0.29) is 30.0 Å². The van der Waals surface area contributed by atoms with Gasteiger partial charge in [-0.05, 0) is 227 Å². The summed E-state index contributed by atoms with van der Waals surface area (Å²) < 4.78 is 29.2. The number of amidine groups is 4. The first-order valence-electron chi connectivity index (χ1n) is 36.1. The van der Waals surface area contributed by atoms with Crippen molar-refractivity contribution in [1.29, 1.82) is 0 Å². The molecule has 0 spiro atoms. The number of hydrogen-bond donors (Lipinski definition) is 0. The molecule has 12 nitrogen and oxygen atoms in total. The van der Waals surface area contributed by atoms with Crippen LogP contribution in [0.4, 0.5) is 49.9 Å². The number of halogens is 2. The number of benzene rings is 12. The minimum atomic E-state index is -0.204. The zero-order valence-corrected chi connectivity index (χ0v) is 61.3. The molecule has 4 aliphatic heterocycles. The van der Waals surface area contributed by atoms with E-state index in [0.29, 0.717) is 0 Å². The maximum atomic E-state index is 13.3. The lowest BCUT2D eigenvalue weighted by atomic mass is 9.91. The fourth-order valence-electron chi connectivity index (χ4n) is 13.9. The maximum absolute atomic E-state index is 13.3. The maximum Gasteiger partial charge on any atom is 0.123 e. The van der Waals surface area contributed by atoms with Crippen LogP contribution < -0.4 is 33.8 Å². The van der Waals surface area contributed by atoms with Gasteiger partial charge in [0.05, 0.1) is 68.2 Å². The molecule has 1 aromatic heterocycles. The molecule has 4 unspecified atom stereocenters. The topological polar surface area (TPSA) is 103 Å². The lowest BCUT2D eigenvalue weighted by Crippen LogP contribution is -2.46. The minimum Gasteiger partial charge on any atom is -0.497 e. The van der Waals surface area contributed by atoms with Crippen LogP contribution in [0.1, 0.15) is 90.2 Å². The van der Waals surface area contributed by atoms with Crippen LogP contribution in [0.5, 0.6) is 17.2 Å². The van der Waals surface area contributed by atoms with E-state index in [1.165, 1.54) is 50.7 Å². The van der Waals surface area contributed by atoms with Crippen molar-refractivity contribution in [2.45, 2.75) is 70.1 Å². The van der Waals surface area contributed by atoms with Crippen molar-refractivity contribution in [2.75, 3.05) is 40.9 Å². The van der Waals surface area contributed by atoms with Crippen molar-refractivity contribution < 1.29 is 18.6 Å². The van der Waals surface area contributed by atoms with Crippen LogP contribution in [0.25, 0.3) is 10.8 Å². The van der Waals surface area contributed by atoms with Gasteiger partial charge in [-0.3, -0.25) is 4.98 Å². The molecule has 4 saturated heterocycles. The Bertz CT molecular complexity index is 5190. The predicted molar refractivity (Wildman–Crippen MR) is 439 cm³/mol. The molecule has 107 heavy (non-hydrogen) atoms. The van der Waals surface area contributed by atoms with Crippen LogP contribution in [0.2, 0.25) is 5.02 Å². The second-order valence-electron chi connectivity index (χ2n) is 26.4. The van der Waals surface area contributed by atoms with Gasteiger partial charge in [-0.25, -0.2) is 24.4 Å². The molecule has 13 aromatic rings. The summed E-state index contributed by atoms with van der Waals surface area (Å²) in [6, 6.07) is 107. The summed E-state index contributed by atoms with van der Waals surface area (Å²) in [6.45, 7) is 4.23. The molecule has 5 heterocycles. The number of aromatic nitrogens is 1. The van der Waals surface area contributed by atoms with Gasteiger partial charge in [0.25, 0.3) is 0 Å². The van der Waals surface area contributed by atoms with Crippen LogP contribution in [0, 0.1) is 12.7 Å². The Labute approximate surface area is 631 Å². The summed E-state index contributed by atoms with van der Waals surface area (Å²) in [6.07, 6.45) is 8.29. The molecular formula is C93H83ClFN9O3. The van der Waals surface area contributed by atoms with Crippen LogP contribution in [0.3, 0.4) is 0 Å². The Hall–Kier alpha value is -12.5. The van der Waals surface area contributed by atoms with Crippen LogP contribution in [-0.2, 0) is 6.42 Å². The summed E-state index contributed by atoms with van der Waals surface area (Å²) >= 11 is 6.31. The average Bonchev–Trinajstić information content (AvgIpc) is 0.791. The molecule has 532 valence electrons. The summed E-state index contributed by atoms with van der Waals surface area (Å²) in [5.41, 5.74) is 15.6. The molecule has 4 fully saturated rings. The molecule has 0 aliphatic carbocycles. The summed E-state index contributed by atoms with van der Waals surface area (Å²) in [7, 11) is 5.05. The molecule has 4 aliphatic rings. The second kappa shape index (κ2) is 34.0. The molecule has 0 N–H and O–H groups in total. The number of aryl methyl sites for hydroxylation is 2. The standard InChI is InChI=1S/C26H22N2O.C23H21ClN2O.C23H21FN2.C21H19N3O/c1-29-24-15-13-23(14-16-24)28-25(18-26(28)27-22-9-3-2-4-10-22)21-12-11-19-7-5-6-8-20(19)17-21;1-16-12-17(14-18(24)13-16)22-15-23(25-19-6-4-3-5-7-19)26(22)20-8-10-21(27-2)11-9-20;1-2-17-8-14-21(15-9-17)26-22(18-10-12-19(24)13-11-18)16-23(26)25-20-6-4-3-5-7-20;1-25-19-11-9-18(10-12-19)24-20(16-6-5-13-22-15-16)14-21(24)23-17-7-3-2-4-8-17/h2-17,25H,18H2,1H3;3-14,22H,15H2,1-2H3;3-15,22H,2,16H2,1H3;2-13,15,20H,14H2,1H3. The molecule has 17 rings (SSSR count). The smallest absolute Gasteiger partial charge is 0.123 e. The number of fused-ring (bicyclic) bond motifs is 1. The van der Waals surface area contributed by atoms with E-state index < -0.39 is 0 Å². The molecule has 0 saturated carbocycles. The molecule has 0 bridgehead atoms. The Kier molecular flexibility index (Phi) is 22.7. The number of rotatable bonds is 16. The number of aliphatic imine (C=N–C) groups is 4. The van der Waals surface area contributed by atoms with E-state index in [1.54, 1.807) is 27.5 Å².